The molecule has 0 saturated heterocycles. The highest BCUT2D eigenvalue weighted by atomic mass is 32.2. The molecule has 2 rings (SSSR count). The Balaban J connectivity index is 2.36. The van der Waals surface area contributed by atoms with E-state index in [2.05, 4.69) is 0 Å². The molecule has 0 spiro atoms. The molecule has 0 unspecified atom stereocenters. The topological polar surface area (TPSA) is 73.6 Å². The van der Waals surface area contributed by atoms with Gasteiger partial charge in [0.1, 0.15) is 5.75 Å². The molecule has 0 amide bonds. The van der Waals surface area contributed by atoms with Crippen molar-refractivity contribution >= 4 is 16.1 Å². The zero-order valence-corrected chi connectivity index (χ0v) is 11.0. The quantitative estimate of drug-likeness (QED) is 0.786. The number of hydrogen-bond acceptors (Lipinski definition) is 5. The summed E-state index contributed by atoms with van der Waals surface area (Å²) in [5, 5.41) is -0.251. The highest BCUT2D eigenvalue weighted by Gasteiger charge is 2.21. The SMILES string of the molecule is CCOc1ccc(S(=O)(=O)c2ccc(C=O)o2)cc1. The molecule has 0 radical (unpaired) electrons. The fourth-order valence-electron chi connectivity index (χ4n) is 1.54. The molecule has 19 heavy (non-hydrogen) atoms. The van der Waals surface area contributed by atoms with Gasteiger partial charge in [-0.25, -0.2) is 8.42 Å². The second-order valence-corrected chi connectivity index (χ2v) is 5.56. The van der Waals surface area contributed by atoms with Crippen LogP contribution in [-0.2, 0) is 9.84 Å². The van der Waals surface area contributed by atoms with Crippen molar-refractivity contribution in [3.8, 4) is 5.75 Å². The van der Waals surface area contributed by atoms with Crippen LogP contribution in [0.25, 0.3) is 0 Å². The summed E-state index contributed by atoms with van der Waals surface area (Å²) < 4.78 is 34.5. The Hall–Kier alpha value is -2.08. The largest absolute Gasteiger partial charge is 0.494 e. The molecule has 1 aromatic heterocycles. The number of carbonyl (C=O) groups excluding carboxylic acids is 1. The molecule has 0 fully saturated rings. The number of ether oxygens (including phenoxy) is 1. The van der Waals surface area contributed by atoms with Gasteiger partial charge >= 0.3 is 0 Å². The van der Waals surface area contributed by atoms with Gasteiger partial charge in [-0.1, -0.05) is 0 Å². The predicted octanol–water partition coefficient (Wildman–Crippen LogP) is 2.32. The first kappa shape index (κ1) is 13.4. The number of rotatable bonds is 5. The van der Waals surface area contributed by atoms with Crippen LogP contribution in [0.15, 0.2) is 50.8 Å². The van der Waals surface area contributed by atoms with Gasteiger partial charge in [0.15, 0.2) is 12.0 Å². The van der Waals surface area contributed by atoms with Gasteiger partial charge in [0.05, 0.1) is 11.5 Å². The molecular formula is C13H12O5S. The molecule has 5 nitrogen and oxygen atoms in total. The number of aldehydes is 1. The van der Waals surface area contributed by atoms with E-state index in [4.69, 9.17) is 9.15 Å². The van der Waals surface area contributed by atoms with Crippen LogP contribution in [0.3, 0.4) is 0 Å². The second kappa shape index (κ2) is 5.27. The number of sulfone groups is 1. The Kier molecular flexibility index (Phi) is 3.71. The van der Waals surface area contributed by atoms with E-state index in [0.717, 1.165) is 0 Å². The first-order valence-corrected chi connectivity index (χ1v) is 7.09. The summed E-state index contributed by atoms with van der Waals surface area (Å²) in [4.78, 5) is 10.6. The molecule has 1 heterocycles. The highest BCUT2D eigenvalue weighted by molar-refractivity contribution is 7.91. The molecule has 0 aliphatic heterocycles. The first-order chi connectivity index (χ1) is 9.07. The summed E-state index contributed by atoms with van der Waals surface area (Å²) in [5.41, 5.74) is 0. The summed E-state index contributed by atoms with van der Waals surface area (Å²) in [6, 6.07) is 8.58. The van der Waals surface area contributed by atoms with E-state index in [1.807, 2.05) is 6.92 Å². The van der Waals surface area contributed by atoms with Gasteiger partial charge < -0.3 is 9.15 Å². The molecule has 6 heteroatoms. The summed E-state index contributed by atoms with van der Waals surface area (Å²) in [7, 11) is -3.74. The maximum Gasteiger partial charge on any atom is 0.239 e. The van der Waals surface area contributed by atoms with Crippen molar-refractivity contribution in [1.82, 2.24) is 0 Å². The van der Waals surface area contributed by atoms with Gasteiger partial charge in [-0.05, 0) is 43.3 Å². The van der Waals surface area contributed by atoms with Gasteiger partial charge in [0.2, 0.25) is 14.9 Å². The summed E-state index contributed by atoms with van der Waals surface area (Å²) >= 11 is 0. The van der Waals surface area contributed by atoms with E-state index in [1.165, 1.54) is 24.3 Å². The van der Waals surface area contributed by atoms with E-state index in [1.54, 1.807) is 12.1 Å². The zero-order chi connectivity index (χ0) is 13.9. The van der Waals surface area contributed by atoms with Gasteiger partial charge in [0.25, 0.3) is 0 Å². The molecule has 2 aromatic rings. The maximum absolute atomic E-state index is 12.2. The van der Waals surface area contributed by atoms with Gasteiger partial charge in [-0.3, -0.25) is 4.79 Å². The molecule has 0 aliphatic rings. The fraction of sp³-hybridized carbons (Fsp3) is 0.154. The van der Waals surface area contributed by atoms with Crippen molar-refractivity contribution in [2.45, 2.75) is 16.9 Å². The van der Waals surface area contributed by atoms with Crippen LogP contribution in [0.1, 0.15) is 17.5 Å². The van der Waals surface area contributed by atoms with Crippen molar-refractivity contribution in [3.05, 3.63) is 42.2 Å². The predicted molar refractivity (Wildman–Crippen MR) is 67.2 cm³/mol. The average Bonchev–Trinajstić information content (AvgIpc) is 2.89. The Morgan fingerprint density at radius 2 is 1.84 bits per heavy atom. The Labute approximate surface area is 110 Å². The van der Waals surface area contributed by atoms with Crippen LogP contribution in [0.2, 0.25) is 0 Å². The average molecular weight is 280 g/mol. The lowest BCUT2D eigenvalue weighted by Crippen LogP contribution is -2.00. The van der Waals surface area contributed by atoms with Crippen molar-refractivity contribution in [2.75, 3.05) is 6.61 Å². The van der Waals surface area contributed by atoms with Gasteiger partial charge in [-0.15, -0.1) is 0 Å². The van der Waals surface area contributed by atoms with Crippen LogP contribution < -0.4 is 4.74 Å². The number of carbonyl (C=O) groups is 1. The van der Waals surface area contributed by atoms with E-state index >= 15 is 0 Å². The van der Waals surface area contributed by atoms with Crippen LogP contribution in [0.5, 0.6) is 5.75 Å². The minimum atomic E-state index is -3.74. The van der Waals surface area contributed by atoms with Gasteiger partial charge in [0, 0.05) is 0 Å². The van der Waals surface area contributed by atoms with Gasteiger partial charge in [-0.2, -0.15) is 0 Å². The second-order valence-electron chi connectivity index (χ2n) is 3.68. The Morgan fingerprint density at radius 1 is 1.16 bits per heavy atom. The summed E-state index contributed by atoms with van der Waals surface area (Å²) in [6.07, 6.45) is 0.456. The lowest BCUT2D eigenvalue weighted by atomic mass is 10.3. The van der Waals surface area contributed by atoms with Crippen LogP contribution in [-0.4, -0.2) is 21.3 Å². The summed E-state index contributed by atoms with van der Waals surface area (Å²) in [6.45, 7) is 2.35. The van der Waals surface area contributed by atoms with E-state index in [-0.39, 0.29) is 15.7 Å². The number of hydrogen-bond donors (Lipinski definition) is 0. The minimum absolute atomic E-state index is 0.0236. The summed E-state index contributed by atoms with van der Waals surface area (Å²) in [5.74, 6) is 0.569. The maximum atomic E-state index is 12.2. The van der Waals surface area contributed by atoms with Crippen molar-refractivity contribution in [2.24, 2.45) is 0 Å². The third kappa shape index (κ3) is 2.68. The fourth-order valence-corrected chi connectivity index (χ4v) is 2.72. The molecule has 0 saturated carbocycles. The lowest BCUT2D eigenvalue weighted by molar-refractivity contribution is 0.109. The molecule has 0 aliphatic carbocycles. The highest BCUT2D eigenvalue weighted by Crippen LogP contribution is 2.24. The van der Waals surface area contributed by atoms with Crippen LogP contribution >= 0.6 is 0 Å². The van der Waals surface area contributed by atoms with E-state index in [0.29, 0.717) is 18.6 Å². The molecule has 0 N–H and O–H groups in total. The van der Waals surface area contributed by atoms with E-state index < -0.39 is 9.84 Å². The third-order valence-corrected chi connectivity index (χ3v) is 4.07. The smallest absolute Gasteiger partial charge is 0.239 e. The number of benzene rings is 1. The third-order valence-electron chi connectivity index (χ3n) is 2.43. The molecule has 1 aromatic carbocycles. The number of furan rings is 1. The molecule has 0 atom stereocenters. The normalized spacial score (nSPS) is 11.2. The molecule has 100 valence electrons. The van der Waals surface area contributed by atoms with Crippen molar-refractivity contribution in [3.63, 3.8) is 0 Å². The van der Waals surface area contributed by atoms with Crippen LogP contribution in [0.4, 0.5) is 0 Å². The Bertz CT molecular complexity index is 667. The standard InChI is InChI=1S/C13H12O5S/c1-2-17-10-3-6-12(7-4-10)19(15,16)13-8-5-11(9-14)18-13/h3-9H,2H2,1H3. The van der Waals surface area contributed by atoms with Crippen molar-refractivity contribution in [1.29, 1.82) is 0 Å². The minimum Gasteiger partial charge on any atom is -0.494 e. The monoisotopic (exact) mass is 280 g/mol. The van der Waals surface area contributed by atoms with Crippen molar-refractivity contribution < 1.29 is 22.4 Å². The molecule has 0 bridgehead atoms. The first-order valence-electron chi connectivity index (χ1n) is 5.61. The zero-order valence-electron chi connectivity index (χ0n) is 10.2. The Morgan fingerprint density at radius 3 is 2.37 bits per heavy atom. The molecular weight excluding hydrogens is 268 g/mol. The lowest BCUT2D eigenvalue weighted by Gasteiger charge is -2.04. The van der Waals surface area contributed by atoms with E-state index in [9.17, 15) is 13.2 Å². The van der Waals surface area contributed by atoms with Crippen LogP contribution in [0, 0.1) is 0 Å².